The molecule has 66 valence electrons. The van der Waals surface area contributed by atoms with Crippen LogP contribution in [0.1, 0.15) is 12.5 Å². The Labute approximate surface area is 74.3 Å². The third-order valence-electron chi connectivity index (χ3n) is 1.66. The summed E-state index contributed by atoms with van der Waals surface area (Å²) in [6.07, 6.45) is 0. The molecule has 2 rings (SSSR count). The van der Waals surface area contributed by atoms with Gasteiger partial charge in [0.1, 0.15) is 0 Å². The fourth-order valence-corrected chi connectivity index (χ4v) is 1.16. The average Bonchev–Trinajstić information content (AvgIpc) is 2.36. The van der Waals surface area contributed by atoms with Crippen LogP contribution >= 0.6 is 0 Å². The molecule has 1 aliphatic heterocycles. The highest BCUT2D eigenvalue weighted by molar-refractivity contribution is 5.48. The van der Waals surface area contributed by atoms with Gasteiger partial charge in [-0.2, -0.15) is 9.65 Å². The van der Waals surface area contributed by atoms with E-state index in [1.54, 1.807) is 6.07 Å². The van der Waals surface area contributed by atoms with Gasteiger partial charge in [0.25, 0.3) is 0 Å². The summed E-state index contributed by atoms with van der Waals surface area (Å²) in [5.41, 5.74) is 0.417. The molecule has 1 atom stereocenters. The number of nitrogens with zero attached hydrogens (tertiary/aromatic N) is 1. The standard InChI is InChI=1S/C9H6FNO2/c1-9(10)12-7-3-2-6(5-11)4-8(7)13-9/h2-4H,1H3. The van der Waals surface area contributed by atoms with Gasteiger partial charge in [-0.05, 0) is 12.1 Å². The molecule has 0 fully saturated rings. The molecule has 0 spiro atoms. The van der Waals surface area contributed by atoms with Crippen molar-refractivity contribution in [2.24, 2.45) is 0 Å². The molecule has 0 aromatic heterocycles. The van der Waals surface area contributed by atoms with Gasteiger partial charge in [0.15, 0.2) is 11.5 Å². The molecular weight excluding hydrogens is 173 g/mol. The van der Waals surface area contributed by atoms with Crippen molar-refractivity contribution in [3.63, 3.8) is 0 Å². The predicted molar refractivity (Wildman–Crippen MR) is 41.9 cm³/mol. The van der Waals surface area contributed by atoms with Crippen molar-refractivity contribution < 1.29 is 13.9 Å². The highest BCUT2D eigenvalue weighted by Crippen LogP contribution is 2.40. The molecular formula is C9H6FNO2. The van der Waals surface area contributed by atoms with Crippen molar-refractivity contribution in [3.8, 4) is 17.6 Å². The minimum Gasteiger partial charge on any atom is -0.423 e. The first-order chi connectivity index (χ1) is 6.11. The number of benzene rings is 1. The van der Waals surface area contributed by atoms with Gasteiger partial charge < -0.3 is 9.47 Å². The van der Waals surface area contributed by atoms with Crippen LogP contribution in [0.15, 0.2) is 18.2 Å². The van der Waals surface area contributed by atoms with Gasteiger partial charge in [0, 0.05) is 13.0 Å². The zero-order valence-corrected chi connectivity index (χ0v) is 6.87. The Hall–Kier alpha value is -1.76. The lowest BCUT2D eigenvalue weighted by Gasteiger charge is -2.10. The number of fused-ring (bicyclic) bond motifs is 1. The maximum Gasteiger partial charge on any atom is 0.404 e. The Morgan fingerprint density at radius 3 is 2.77 bits per heavy atom. The van der Waals surface area contributed by atoms with Crippen LogP contribution in [0.5, 0.6) is 11.5 Å². The molecule has 0 amide bonds. The fourth-order valence-electron chi connectivity index (χ4n) is 1.16. The van der Waals surface area contributed by atoms with E-state index in [0.29, 0.717) is 11.3 Å². The number of rotatable bonds is 0. The average molecular weight is 179 g/mol. The molecule has 3 nitrogen and oxygen atoms in total. The van der Waals surface area contributed by atoms with Gasteiger partial charge in [0.2, 0.25) is 0 Å². The second-order valence-electron chi connectivity index (χ2n) is 2.81. The first kappa shape index (κ1) is 7.87. The SMILES string of the molecule is CC1(F)Oc2ccc(C#N)cc2O1. The molecule has 1 aliphatic rings. The molecule has 4 heteroatoms. The molecule has 1 unspecified atom stereocenters. The van der Waals surface area contributed by atoms with E-state index in [-0.39, 0.29) is 5.75 Å². The van der Waals surface area contributed by atoms with E-state index in [0.717, 1.165) is 0 Å². The summed E-state index contributed by atoms with van der Waals surface area (Å²) in [4.78, 5) is 0. The lowest BCUT2D eigenvalue weighted by Crippen LogP contribution is -2.27. The van der Waals surface area contributed by atoms with E-state index in [1.807, 2.05) is 6.07 Å². The van der Waals surface area contributed by atoms with Crippen molar-refractivity contribution >= 4 is 0 Å². The zero-order valence-electron chi connectivity index (χ0n) is 6.87. The summed E-state index contributed by atoms with van der Waals surface area (Å²) in [5.74, 6) is 0.591. The summed E-state index contributed by atoms with van der Waals surface area (Å²) in [5, 5.41) is 8.56. The van der Waals surface area contributed by atoms with E-state index >= 15 is 0 Å². The van der Waals surface area contributed by atoms with Gasteiger partial charge in [-0.25, -0.2) is 0 Å². The second-order valence-corrected chi connectivity index (χ2v) is 2.81. The third-order valence-corrected chi connectivity index (χ3v) is 1.66. The molecule has 1 heterocycles. The number of hydrogen-bond donors (Lipinski definition) is 0. The number of halogens is 1. The van der Waals surface area contributed by atoms with Crippen molar-refractivity contribution in [2.75, 3.05) is 0 Å². The summed E-state index contributed by atoms with van der Waals surface area (Å²) >= 11 is 0. The van der Waals surface area contributed by atoms with Crippen LogP contribution < -0.4 is 9.47 Å². The molecule has 13 heavy (non-hydrogen) atoms. The Morgan fingerprint density at radius 2 is 2.08 bits per heavy atom. The van der Waals surface area contributed by atoms with Gasteiger partial charge in [0.05, 0.1) is 11.6 Å². The Balaban J connectivity index is 2.43. The monoisotopic (exact) mass is 179 g/mol. The summed E-state index contributed by atoms with van der Waals surface area (Å²) < 4.78 is 22.7. The highest BCUT2D eigenvalue weighted by atomic mass is 19.2. The molecule has 0 N–H and O–H groups in total. The van der Waals surface area contributed by atoms with Gasteiger partial charge in [-0.15, -0.1) is 0 Å². The van der Waals surface area contributed by atoms with Crippen LogP contribution in [0.25, 0.3) is 0 Å². The Bertz CT molecular complexity index is 395. The molecule has 1 aromatic rings. The van der Waals surface area contributed by atoms with Gasteiger partial charge in [-0.3, -0.25) is 0 Å². The van der Waals surface area contributed by atoms with E-state index in [1.165, 1.54) is 19.1 Å². The van der Waals surface area contributed by atoms with Crippen molar-refractivity contribution in [3.05, 3.63) is 23.8 Å². The normalized spacial score (nSPS) is 24.1. The van der Waals surface area contributed by atoms with Crippen LogP contribution in [-0.2, 0) is 0 Å². The van der Waals surface area contributed by atoms with Crippen LogP contribution in [0, 0.1) is 11.3 Å². The summed E-state index contributed by atoms with van der Waals surface area (Å²) in [6, 6.07) is 4.31. The largest absolute Gasteiger partial charge is 0.423 e. The quantitative estimate of drug-likeness (QED) is 0.611. The second kappa shape index (κ2) is 2.36. The van der Waals surface area contributed by atoms with Crippen molar-refractivity contribution in [1.82, 2.24) is 0 Å². The molecule has 0 bridgehead atoms. The Kier molecular flexibility index (Phi) is 1.43. The first-order valence-electron chi connectivity index (χ1n) is 3.72. The van der Waals surface area contributed by atoms with E-state index in [2.05, 4.69) is 0 Å². The zero-order chi connectivity index (χ0) is 9.47. The first-order valence-corrected chi connectivity index (χ1v) is 3.72. The Morgan fingerprint density at radius 1 is 1.38 bits per heavy atom. The molecule has 0 aliphatic carbocycles. The maximum atomic E-state index is 13.1. The van der Waals surface area contributed by atoms with E-state index in [4.69, 9.17) is 14.7 Å². The number of hydrogen-bond acceptors (Lipinski definition) is 3. The number of nitriles is 1. The molecule has 0 radical (unpaired) electrons. The smallest absolute Gasteiger partial charge is 0.404 e. The number of ether oxygens (including phenoxy) is 2. The lowest BCUT2D eigenvalue weighted by atomic mass is 10.2. The van der Waals surface area contributed by atoms with Gasteiger partial charge >= 0.3 is 6.04 Å². The minimum absolute atomic E-state index is 0.268. The topological polar surface area (TPSA) is 42.2 Å². The van der Waals surface area contributed by atoms with Gasteiger partial charge in [-0.1, -0.05) is 0 Å². The van der Waals surface area contributed by atoms with E-state index < -0.39 is 6.04 Å². The van der Waals surface area contributed by atoms with Crippen LogP contribution in [-0.4, -0.2) is 6.04 Å². The lowest BCUT2D eigenvalue weighted by molar-refractivity contribution is -0.173. The minimum atomic E-state index is -2.11. The molecule has 1 aromatic carbocycles. The third kappa shape index (κ3) is 1.29. The predicted octanol–water partition coefficient (Wildman–Crippen LogP) is 1.97. The van der Waals surface area contributed by atoms with Crippen LogP contribution in [0.3, 0.4) is 0 Å². The van der Waals surface area contributed by atoms with Crippen molar-refractivity contribution in [2.45, 2.75) is 13.0 Å². The fraction of sp³-hybridized carbons (Fsp3) is 0.222. The maximum absolute atomic E-state index is 13.1. The van der Waals surface area contributed by atoms with E-state index in [9.17, 15) is 4.39 Å². The van der Waals surface area contributed by atoms with Crippen molar-refractivity contribution in [1.29, 1.82) is 5.26 Å². The number of alkyl halides is 1. The molecule has 0 saturated carbocycles. The molecule has 0 saturated heterocycles. The summed E-state index contributed by atoms with van der Waals surface area (Å²) in [7, 11) is 0. The summed E-state index contributed by atoms with van der Waals surface area (Å²) in [6.45, 7) is 1.17. The van der Waals surface area contributed by atoms with Crippen LogP contribution in [0.4, 0.5) is 4.39 Å². The highest BCUT2D eigenvalue weighted by Gasteiger charge is 2.36. The van der Waals surface area contributed by atoms with Crippen LogP contribution in [0.2, 0.25) is 0 Å².